The van der Waals surface area contributed by atoms with Gasteiger partial charge in [-0.15, -0.1) is 11.3 Å². The number of halogens is 2. The average molecular weight is 592 g/mol. The molecule has 0 saturated carbocycles. The maximum Gasteiger partial charge on any atom is 0.244 e. The lowest BCUT2D eigenvalue weighted by Gasteiger charge is -2.42. The van der Waals surface area contributed by atoms with Crippen LogP contribution in [0.2, 0.25) is 0 Å². The van der Waals surface area contributed by atoms with Gasteiger partial charge in [0.2, 0.25) is 11.9 Å². The van der Waals surface area contributed by atoms with Crippen LogP contribution in [-0.4, -0.2) is 83.5 Å². The summed E-state index contributed by atoms with van der Waals surface area (Å²) in [5.41, 5.74) is 7.52. The minimum atomic E-state index is -0.686. The van der Waals surface area contributed by atoms with Gasteiger partial charge in [0.05, 0.1) is 40.8 Å². The second-order valence-corrected chi connectivity index (χ2v) is 12.2. The van der Waals surface area contributed by atoms with E-state index in [0.29, 0.717) is 60.4 Å². The molecular formula is C28H27F2N9O2S. The van der Waals surface area contributed by atoms with Gasteiger partial charge < -0.3 is 30.5 Å². The first-order valence-electron chi connectivity index (χ1n) is 13.5. The molecule has 216 valence electrons. The summed E-state index contributed by atoms with van der Waals surface area (Å²) in [6, 6.07) is 1.81. The normalized spacial score (nSPS) is 18.8. The molecule has 0 radical (unpaired) electrons. The third-order valence-corrected chi connectivity index (χ3v) is 9.47. The highest BCUT2D eigenvalue weighted by atomic mass is 32.1. The number of likely N-dealkylation sites (N-methyl/N-ethyl adjacent to an activating group) is 2. The van der Waals surface area contributed by atoms with Crippen molar-refractivity contribution < 1.29 is 18.3 Å². The van der Waals surface area contributed by atoms with E-state index in [9.17, 15) is 14.4 Å². The molecule has 0 bridgehead atoms. The topological polar surface area (TPSA) is 137 Å². The van der Waals surface area contributed by atoms with E-state index in [4.69, 9.17) is 20.4 Å². The first kappa shape index (κ1) is 26.7. The number of rotatable bonds is 5. The Bertz CT molecular complexity index is 1850. The second kappa shape index (κ2) is 9.69. The molecule has 3 aliphatic heterocycles. The van der Waals surface area contributed by atoms with E-state index in [-0.39, 0.29) is 56.5 Å². The molecule has 0 unspecified atom stereocenters. The number of benzene rings is 1. The van der Waals surface area contributed by atoms with Crippen molar-refractivity contribution >= 4 is 55.0 Å². The van der Waals surface area contributed by atoms with Gasteiger partial charge in [0.15, 0.2) is 11.6 Å². The zero-order valence-electron chi connectivity index (χ0n) is 23.2. The highest BCUT2D eigenvalue weighted by molar-refractivity contribution is 7.23. The maximum atomic E-state index is 17.0. The number of ether oxygens (including phenoxy) is 1. The number of nitrogens with two attached hydrogens (primary N) is 1. The monoisotopic (exact) mass is 591 g/mol. The van der Waals surface area contributed by atoms with Crippen LogP contribution in [0.5, 0.6) is 0 Å². The Kier molecular flexibility index (Phi) is 6.16. The largest absolute Gasteiger partial charge is 0.389 e. The molecule has 2 saturated heterocycles. The van der Waals surface area contributed by atoms with Crippen LogP contribution in [0.3, 0.4) is 0 Å². The summed E-state index contributed by atoms with van der Waals surface area (Å²) in [5, 5.41) is 13.9. The smallest absolute Gasteiger partial charge is 0.244 e. The number of nitrogens with zero attached hydrogens (tertiary/aromatic N) is 7. The molecule has 4 aromatic rings. The third-order valence-electron chi connectivity index (χ3n) is 8.44. The lowest BCUT2D eigenvalue weighted by molar-refractivity contribution is -0.127. The Hall–Kier alpha value is -4.19. The van der Waals surface area contributed by atoms with Crippen LogP contribution >= 0.6 is 11.3 Å². The van der Waals surface area contributed by atoms with E-state index >= 15 is 4.39 Å². The summed E-state index contributed by atoms with van der Waals surface area (Å²) in [5.74, 6) is -0.702. The molecular weight excluding hydrogens is 564 g/mol. The molecule has 6 heterocycles. The van der Waals surface area contributed by atoms with Crippen molar-refractivity contribution in [2.75, 3.05) is 56.7 Å². The lowest BCUT2D eigenvalue weighted by atomic mass is 9.93. The van der Waals surface area contributed by atoms with Crippen LogP contribution < -0.4 is 16.0 Å². The van der Waals surface area contributed by atoms with Crippen LogP contribution in [0.1, 0.15) is 23.1 Å². The number of anilines is 3. The highest BCUT2D eigenvalue weighted by Gasteiger charge is 2.36. The molecule has 14 heteroatoms. The van der Waals surface area contributed by atoms with E-state index < -0.39 is 17.7 Å². The SMILES string of the molecule is CN1CC[C@@H](Nc2nc(N3CC(N(C)C)C3)nc3c(F)c(-c4ncc(F)c5sc(N)c(C#N)c45)c4c(c23)COC4)C1=O. The molecule has 1 atom stereocenters. The van der Waals surface area contributed by atoms with Crippen molar-refractivity contribution in [2.24, 2.45) is 0 Å². The molecule has 1 aromatic carbocycles. The molecule has 1 amide bonds. The number of aromatic nitrogens is 3. The van der Waals surface area contributed by atoms with Gasteiger partial charge in [-0.3, -0.25) is 9.78 Å². The number of nitriles is 1. The number of thiophene rings is 1. The van der Waals surface area contributed by atoms with E-state index in [1.165, 1.54) is 0 Å². The van der Waals surface area contributed by atoms with Crippen molar-refractivity contribution in [2.45, 2.75) is 31.7 Å². The van der Waals surface area contributed by atoms with Crippen LogP contribution in [0.4, 0.5) is 25.5 Å². The number of carbonyl (C=O) groups excluding carboxylic acids is 1. The Labute approximate surface area is 243 Å². The highest BCUT2D eigenvalue weighted by Crippen LogP contribution is 2.46. The van der Waals surface area contributed by atoms with Crippen LogP contribution in [0.15, 0.2) is 6.20 Å². The van der Waals surface area contributed by atoms with Crippen molar-refractivity contribution in [3.8, 4) is 17.3 Å². The molecule has 0 spiro atoms. The quantitative estimate of drug-likeness (QED) is 0.356. The number of amides is 1. The van der Waals surface area contributed by atoms with Crippen molar-refractivity contribution in [3.63, 3.8) is 0 Å². The summed E-state index contributed by atoms with van der Waals surface area (Å²) in [4.78, 5) is 32.4. The van der Waals surface area contributed by atoms with Crippen molar-refractivity contribution in [1.29, 1.82) is 5.26 Å². The first-order chi connectivity index (χ1) is 20.2. The summed E-state index contributed by atoms with van der Waals surface area (Å²) in [7, 11) is 5.74. The Morgan fingerprint density at radius 2 is 1.98 bits per heavy atom. The summed E-state index contributed by atoms with van der Waals surface area (Å²) in [6.07, 6.45) is 1.60. The number of nitrogens with one attached hydrogen (secondary N) is 1. The summed E-state index contributed by atoms with van der Waals surface area (Å²) >= 11 is 0.926. The second-order valence-electron chi connectivity index (χ2n) is 11.1. The van der Waals surface area contributed by atoms with Gasteiger partial charge in [-0.2, -0.15) is 10.2 Å². The third kappa shape index (κ3) is 3.88. The first-order valence-corrected chi connectivity index (χ1v) is 14.3. The van der Waals surface area contributed by atoms with Crippen molar-refractivity contribution in [1.82, 2.24) is 24.8 Å². The predicted molar refractivity (Wildman–Crippen MR) is 155 cm³/mol. The van der Waals surface area contributed by atoms with E-state index in [2.05, 4.69) is 15.2 Å². The zero-order chi connectivity index (χ0) is 29.4. The Morgan fingerprint density at radius 3 is 2.67 bits per heavy atom. The van der Waals surface area contributed by atoms with E-state index in [1.54, 1.807) is 11.9 Å². The van der Waals surface area contributed by atoms with Gasteiger partial charge in [0.25, 0.3) is 0 Å². The minimum absolute atomic E-state index is 0.0369. The number of nitrogen functional groups attached to an aromatic ring is 1. The fourth-order valence-corrected chi connectivity index (χ4v) is 6.89. The van der Waals surface area contributed by atoms with E-state index in [0.717, 1.165) is 17.5 Å². The van der Waals surface area contributed by atoms with Gasteiger partial charge in [-0.25, -0.2) is 13.8 Å². The molecule has 11 nitrogen and oxygen atoms in total. The average Bonchev–Trinajstić information content (AvgIpc) is 3.63. The van der Waals surface area contributed by atoms with Gasteiger partial charge in [0.1, 0.15) is 28.4 Å². The molecule has 42 heavy (non-hydrogen) atoms. The lowest BCUT2D eigenvalue weighted by Crippen LogP contribution is -2.58. The molecule has 2 fully saturated rings. The van der Waals surface area contributed by atoms with Crippen LogP contribution in [-0.2, 0) is 22.7 Å². The molecule has 3 N–H and O–H groups in total. The zero-order valence-corrected chi connectivity index (χ0v) is 24.0. The molecule has 0 aliphatic carbocycles. The summed E-state index contributed by atoms with van der Waals surface area (Å²) < 4.78 is 37.7. The number of hydrogen-bond acceptors (Lipinski definition) is 11. The maximum absolute atomic E-state index is 17.0. The number of hydrogen-bond donors (Lipinski definition) is 2. The molecule has 3 aliphatic rings. The predicted octanol–water partition coefficient (Wildman–Crippen LogP) is 3.06. The fraction of sp³-hybridized carbons (Fsp3) is 0.393. The van der Waals surface area contributed by atoms with Gasteiger partial charge in [0, 0.05) is 43.7 Å². The van der Waals surface area contributed by atoms with Crippen LogP contribution in [0, 0.1) is 23.0 Å². The number of likely N-dealkylation sites (tertiary alicyclic amines) is 1. The van der Waals surface area contributed by atoms with Gasteiger partial charge in [-0.05, 0) is 31.6 Å². The number of pyridine rings is 1. The molecule has 3 aromatic heterocycles. The van der Waals surface area contributed by atoms with E-state index in [1.807, 2.05) is 25.1 Å². The van der Waals surface area contributed by atoms with Crippen LogP contribution in [0.25, 0.3) is 32.2 Å². The summed E-state index contributed by atoms with van der Waals surface area (Å²) in [6.45, 7) is 2.14. The Morgan fingerprint density at radius 1 is 1.21 bits per heavy atom. The van der Waals surface area contributed by atoms with Gasteiger partial charge >= 0.3 is 0 Å². The fourth-order valence-electron chi connectivity index (χ4n) is 5.97. The van der Waals surface area contributed by atoms with Gasteiger partial charge in [-0.1, -0.05) is 0 Å². The van der Waals surface area contributed by atoms with Crippen molar-refractivity contribution in [3.05, 3.63) is 34.5 Å². The standard InChI is InChI=1S/C28H27F2N9O2S/c1-37(2)12-8-39(9-12)28-35-23-20(26(36-28)34-17-4-5-38(3)27(17)40)15-11-41-10-14(15)18(21(23)30)22-19-13(6-31)25(32)42-24(19)16(29)7-33-22/h7,12,17H,4-5,8-11,32H2,1-3H3,(H,34,35,36)/t17-/m1/s1. The Balaban J connectivity index is 1.49. The number of fused-ring (bicyclic) bond motifs is 4. The minimum Gasteiger partial charge on any atom is -0.389 e. The molecule has 7 rings (SSSR count). The number of carbonyl (C=O) groups is 1.